The molecule has 0 radical (unpaired) electrons. The van der Waals surface area contributed by atoms with E-state index < -0.39 is 11.9 Å². The maximum Gasteiger partial charge on any atom is 0.354 e. The monoisotopic (exact) mass is 223 g/mol. The minimum atomic E-state index is -0.547. The van der Waals surface area contributed by atoms with Gasteiger partial charge in [0, 0.05) is 6.20 Å². The van der Waals surface area contributed by atoms with Crippen molar-refractivity contribution < 1.29 is 14.3 Å². The molecule has 1 aromatic rings. The minimum Gasteiger partial charge on any atom is -0.461 e. The van der Waals surface area contributed by atoms with E-state index in [2.05, 4.69) is 15.5 Å². The Morgan fingerprint density at radius 2 is 2.31 bits per heavy atom. The van der Waals surface area contributed by atoms with E-state index >= 15 is 0 Å². The number of hydrogen-bond acceptors (Lipinski definition) is 4. The molecule has 0 unspecified atom stereocenters. The Labute approximate surface area is 92.7 Å². The van der Waals surface area contributed by atoms with E-state index in [9.17, 15) is 9.59 Å². The van der Waals surface area contributed by atoms with Crippen LogP contribution in [0.1, 0.15) is 24.3 Å². The largest absolute Gasteiger partial charge is 0.461 e. The van der Waals surface area contributed by atoms with Crippen LogP contribution in [0.3, 0.4) is 0 Å². The van der Waals surface area contributed by atoms with Crippen LogP contribution in [0.25, 0.3) is 0 Å². The fourth-order valence-electron chi connectivity index (χ4n) is 0.948. The van der Waals surface area contributed by atoms with Gasteiger partial charge in [0.2, 0.25) is 0 Å². The smallest absolute Gasteiger partial charge is 0.354 e. The first-order chi connectivity index (χ1) is 7.65. The highest BCUT2D eigenvalue weighted by atomic mass is 16.5. The highest BCUT2D eigenvalue weighted by molar-refractivity contribution is 6.35. The molecule has 6 nitrogen and oxygen atoms in total. The van der Waals surface area contributed by atoms with Crippen LogP contribution in [-0.4, -0.2) is 29.2 Å². The van der Waals surface area contributed by atoms with Crippen molar-refractivity contribution in [2.24, 2.45) is 5.10 Å². The molecule has 0 spiro atoms. The quantitative estimate of drug-likeness (QED) is 0.447. The summed E-state index contributed by atoms with van der Waals surface area (Å²) in [6.07, 6.45) is 1.62. The number of aromatic amines is 1. The number of nitrogens with zero attached hydrogens (tertiary/aromatic N) is 1. The predicted molar refractivity (Wildman–Crippen MR) is 58.0 cm³/mol. The molecule has 0 bridgehead atoms. The molecule has 86 valence electrons. The van der Waals surface area contributed by atoms with Gasteiger partial charge in [-0.1, -0.05) is 0 Å². The first-order valence-corrected chi connectivity index (χ1v) is 4.80. The zero-order valence-corrected chi connectivity index (χ0v) is 9.11. The van der Waals surface area contributed by atoms with Gasteiger partial charge >= 0.3 is 5.97 Å². The van der Waals surface area contributed by atoms with Gasteiger partial charge in [0.05, 0.1) is 6.61 Å². The Morgan fingerprint density at radius 1 is 1.56 bits per heavy atom. The summed E-state index contributed by atoms with van der Waals surface area (Å²) in [6, 6.07) is 3.29. The third kappa shape index (κ3) is 3.23. The second-order valence-corrected chi connectivity index (χ2v) is 2.94. The van der Waals surface area contributed by atoms with E-state index in [4.69, 9.17) is 4.74 Å². The minimum absolute atomic E-state index is 0.0988. The van der Waals surface area contributed by atoms with Crippen LogP contribution in [-0.2, 0) is 9.53 Å². The van der Waals surface area contributed by atoms with Gasteiger partial charge in [-0.2, -0.15) is 5.10 Å². The maximum atomic E-state index is 11.4. The fraction of sp³-hybridized carbons (Fsp3) is 0.300. The van der Waals surface area contributed by atoms with Gasteiger partial charge in [-0.05, 0) is 26.0 Å². The standard InChI is InChI=1S/C10H13N3O3/c1-3-16-10(15)7(2)12-13-9(14)8-5-4-6-11-8/h4-6,11H,3H2,1-2H3,(H,13,14). The summed E-state index contributed by atoms with van der Waals surface area (Å²) in [6.45, 7) is 3.44. The number of aromatic nitrogens is 1. The topological polar surface area (TPSA) is 83.5 Å². The highest BCUT2D eigenvalue weighted by Crippen LogP contribution is 1.93. The lowest BCUT2D eigenvalue weighted by Crippen LogP contribution is -2.23. The van der Waals surface area contributed by atoms with E-state index in [0.717, 1.165) is 0 Å². The second kappa shape index (κ2) is 5.69. The summed E-state index contributed by atoms with van der Waals surface area (Å²) >= 11 is 0. The van der Waals surface area contributed by atoms with Crippen LogP contribution < -0.4 is 5.43 Å². The summed E-state index contributed by atoms with van der Waals surface area (Å²) in [4.78, 5) is 25.2. The zero-order chi connectivity index (χ0) is 12.0. The van der Waals surface area contributed by atoms with E-state index in [1.165, 1.54) is 6.92 Å². The molecule has 1 aromatic heterocycles. The van der Waals surface area contributed by atoms with Crippen LogP contribution in [0.15, 0.2) is 23.4 Å². The molecule has 1 heterocycles. The molecule has 1 amide bonds. The van der Waals surface area contributed by atoms with Gasteiger partial charge in [0.1, 0.15) is 11.4 Å². The van der Waals surface area contributed by atoms with Crippen molar-refractivity contribution in [3.8, 4) is 0 Å². The number of rotatable bonds is 4. The summed E-state index contributed by atoms with van der Waals surface area (Å²) in [5.41, 5.74) is 2.72. The molecule has 0 fully saturated rings. The highest BCUT2D eigenvalue weighted by Gasteiger charge is 2.08. The third-order valence-electron chi connectivity index (χ3n) is 1.74. The number of hydrogen-bond donors (Lipinski definition) is 2. The van der Waals surface area contributed by atoms with E-state index in [0.29, 0.717) is 5.69 Å². The number of carbonyl (C=O) groups excluding carboxylic acids is 2. The summed E-state index contributed by atoms with van der Waals surface area (Å²) in [5.74, 6) is -0.956. The van der Waals surface area contributed by atoms with Crippen molar-refractivity contribution in [3.63, 3.8) is 0 Å². The van der Waals surface area contributed by atoms with Crippen LogP contribution in [0, 0.1) is 0 Å². The van der Waals surface area contributed by atoms with Crippen molar-refractivity contribution in [1.29, 1.82) is 0 Å². The molecule has 0 aliphatic carbocycles. The molecule has 2 N–H and O–H groups in total. The van der Waals surface area contributed by atoms with Crippen LogP contribution in [0.2, 0.25) is 0 Å². The lowest BCUT2D eigenvalue weighted by Gasteiger charge is -2.01. The van der Waals surface area contributed by atoms with Gasteiger partial charge < -0.3 is 9.72 Å². The van der Waals surface area contributed by atoms with E-state index in [1.807, 2.05) is 0 Å². The van der Waals surface area contributed by atoms with Gasteiger partial charge in [-0.25, -0.2) is 10.2 Å². The van der Waals surface area contributed by atoms with Gasteiger partial charge in [0.15, 0.2) is 0 Å². The molecule has 0 aliphatic rings. The number of carbonyl (C=O) groups is 2. The van der Waals surface area contributed by atoms with E-state index in [1.54, 1.807) is 25.3 Å². The summed E-state index contributed by atoms with van der Waals surface area (Å²) < 4.78 is 4.70. The third-order valence-corrected chi connectivity index (χ3v) is 1.74. The lowest BCUT2D eigenvalue weighted by molar-refractivity contribution is -0.135. The lowest BCUT2D eigenvalue weighted by atomic mass is 10.4. The van der Waals surface area contributed by atoms with Crippen LogP contribution >= 0.6 is 0 Å². The Kier molecular flexibility index (Phi) is 4.26. The molecular weight excluding hydrogens is 210 g/mol. The maximum absolute atomic E-state index is 11.4. The van der Waals surface area contributed by atoms with Crippen molar-refractivity contribution in [2.45, 2.75) is 13.8 Å². The molecule has 0 aliphatic heterocycles. The molecule has 6 heteroatoms. The number of esters is 1. The van der Waals surface area contributed by atoms with Gasteiger partial charge in [-0.3, -0.25) is 4.79 Å². The average Bonchev–Trinajstić information content (AvgIpc) is 2.79. The number of amides is 1. The molecule has 0 aromatic carbocycles. The van der Waals surface area contributed by atoms with Crippen molar-refractivity contribution >= 4 is 17.6 Å². The number of hydrazone groups is 1. The Morgan fingerprint density at radius 3 is 2.88 bits per heavy atom. The fourth-order valence-corrected chi connectivity index (χ4v) is 0.948. The SMILES string of the molecule is CCOC(=O)C(C)=NNC(=O)c1ccc[nH]1. The van der Waals surface area contributed by atoms with Crippen molar-refractivity contribution in [1.82, 2.24) is 10.4 Å². The number of H-pyrrole nitrogens is 1. The molecule has 0 saturated heterocycles. The van der Waals surface area contributed by atoms with Crippen molar-refractivity contribution in [2.75, 3.05) is 6.61 Å². The van der Waals surface area contributed by atoms with E-state index in [-0.39, 0.29) is 12.3 Å². The van der Waals surface area contributed by atoms with Crippen LogP contribution in [0.4, 0.5) is 0 Å². The first kappa shape index (κ1) is 12.0. The van der Waals surface area contributed by atoms with Crippen LogP contribution in [0.5, 0.6) is 0 Å². The number of nitrogens with one attached hydrogen (secondary N) is 2. The van der Waals surface area contributed by atoms with Gasteiger partial charge in [0.25, 0.3) is 5.91 Å². The Hall–Kier alpha value is -2.11. The normalized spacial score (nSPS) is 11.0. The first-order valence-electron chi connectivity index (χ1n) is 4.80. The summed E-state index contributed by atoms with van der Waals surface area (Å²) in [5, 5.41) is 3.62. The number of ether oxygens (including phenoxy) is 1. The zero-order valence-electron chi connectivity index (χ0n) is 9.11. The summed E-state index contributed by atoms with van der Waals surface area (Å²) in [7, 11) is 0. The average molecular weight is 223 g/mol. The predicted octanol–water partition coefficient (Wildman–Crippen LogP) is 0.683. The van der Waals surface area contributed by atoms with Gasteiger partial charge in [-0.15, -0.1) is 0 Å². The molecular formula is C10H13N3O3. The molecule has 1 rings (SSSR count). The Bertz CT molecular complexity index is 395. The van der Waals surface area contributed by atoms with Crippen molar-refractivity contribution in [3.05, 3.63) is 24.0 Å². The second-order valence-electron chi connectivity index (χ2n) is 2.94. The molecule has 16 heavy (non-hydrogen) atoms. The molecule has 0 saturated carbocycles. The Balaban J connectivity index is 2.53. The molecule has 0 atom stereocenters.